The Kier molecular flexibility index (Phi) is 3.90. The summed E-state index contributed by atoms with van der Waals surface area (Å²) in [7, 11) is 0. The van der Waals surface area contributed by atoms with Gasteiger partial charge in [0.15, 0.2) is 0 Å². The number of nitrogens with zero attached hydrogens (tertiary/aromatic N) is 2. The number of amides is 1. The number of carbonyl (C=O) groups is 1. The maximum absolute atomic E-state index is 12.1. The van der Waals surface area contributed by atoms with Gasteiger partial charge in [0.1, 0.15) is 0 Å². The number of rotatable bonds is 5. The van der Waals surface area contributed by atoms with Gasteiger partial charge in [-0.25, -0.2) is 4.79 Å². The van der Waals surface area contributed by atoms with Crippen LogP contribution in [0.4, 0.5) is 5.69 Å². The molecule has 0 unspecified atom stereocenters. The van der Waals surface area contributed by atoms with E-state index in [2.05, 4.69) is 25.4 Å². The number of thiophene rings is 1. The first-order valence-electron chi connectivity index (χ1n) is 7.56. The molecule has 0 aliphatic rings. The lowest BCUT2D eigenvalue weighted by Gasteiger charge is -2.03. The van der Waals surface area contributed by atoms with Crippen molar-refractivity contribution in [1.82, 2.24) is 20.1 Å². The molecule has 8 nitrogen and oxygen atoms in total. The van der Waals surface area contributed by atoms with Crippen LogP contribution in [0.15, 0.2) is 45.0 Å². The molecule has 25 heavy (non-hydrogen) atoms. The Morgan fingerprint density at radius 1 is 1.24 bits per heavy atom. The number of anilines is 1. The van der Waals surface area contributed by atoms with E-state index in [0.717, 1.165) is 4.88 Å². The van der Waals surface area contributed by atoms with Crippen molar-refractivity contribution in [3.63, 3.8) is 0 Å². The molecule has 0 atom stereocenters. The number of carbonyl (C=O) groups excluding carboxylic acids is 1. The van der Waals surface area contributed by atoms with Crippen molar-refractivity contribution in [2.24, 2.45) is 0 Å². The molecule has 4 aromatic rings. The number of benzene rings is 1. The highest BCUT2D eigenvalue weighted by molar-refractivity contribution is 7.13. The van der Waals surface area contributed by atoms with Crippen LogP contribution in [-0.4, -0.2) is 26.0 Å². The second kappa shape index (κ2) is 6.36. The molecule has 0 aliphatic carbocycles. The standard InChI is InChI=1S/C16H13N5O3S/c22-13(17-9-3-4-10-11(8-9)19-16(23)18-10)5-6-14-20-15(21-24-14)12-2-1-7-25-12/h1-4,7-8H,5-6H2,(H,17,22)(H2,18,19,23). The molecule has 3 N–H and O–H groups in total. The highest BCUT2D eigenvalue weighted by Crippen LogP contribution is 2.21. The van der Waals surface area contributed by atoms with Gasteiger partial charge in [-0.15, -0.1) is 11.3 Å². The molecule has 9 heteroatoms. The van der Waals surface area contributed by atoms with Crippen LogP contribution in [0.5, 0.6) is 0 Å². The second-order valence-electron chi connectivity index (χ2n) is 5.38. The van der Waals surface area contributed by atoms with E-state index in [0.29, 0.717) is 34.9 Å². The first-order chi connectivity index (χ1) is 12.2. The molecule has 0 radical (unpaired) electrons. The fourth-order valence-electron chi connectivity index (χ4n) is 2.42. The Balaban J connectivity index is 1.37. The summed E-state index contributed by atoms with van der Waals surface area (Å²) < 4.78 is 5.17. The summed E-state index contributed by atoms with van der Waals surface area (Å²) in [6.07, 6.45) is 0.571. The molecule has 0 spiro atoms. The molecule has 3 heterocycles. The summed E-state index contributed by atoms with van der Waals surface area (Å²) in [5.41, 5.74) is 1.66. The van der Waals surface area contributed by atoms with Crippen LogP contribution in [0.25, 0.3) is 21.7 Å². The van der Waals surface area contributed by atoms with Crippen molar-refractivity contribution in [3.8, 4) is 10.7 Å². The summed E-state index contributed by atoms with van der Waals surface area (Å²) in [6, 6.07) is 8.98. The first-order valence-corrected chi connectivity index (χ1v) is 8.44. The monoisotopic (exact) mass is 355 g/mol. The zero-order valence-corrected chi connectivity index (χ0v) is 13.7. The van der Waals surface area contributed by atoms with Gasteiger partial charge in [0, 0.05) is 18.5 Å². The van der Waals surface area contributed by atoms with Crippen LogP contribution in [0, 0.1) is 0 Å². The van der Waals surface area contributed by atoms with Crippen LogP contribution < -0.4 is 11.0 Å². The molecule has 0 saturated heterocycles. The Bertz CT molecular complexity index is 1080. The minimum absolute atomic E-state index is 0.173. The highest BCUT2D eigenvalue weighted by Gasteiger charge is 2.11. The number of aromatic nitrogens is 4. The van der Waals surface area contributed by atoms with Gasteiger partial charge in [-0.3, -0.25) is 4.79 Å². The number of imidazole rings is 1. The Morgan fingerprint density at radius 3 is 2.96 bits per heavy atom. The number of aryl methyl sites for hydroxylation is 1. The molecule has 1 amide bonds. The van der Waals surface area contributed by atoms with Gasteiger partial charge < -0.3 is 19.8 Å². The second-order valence-corrected chi connectivity index (χ2v) is 6.32. The number of nitrogens with one attached hydrogen (secondary N) is 3. The third-order valence-corrected chi connectivity index (χ3v) is 4.44. The van der Waals surface area contributed by atoms with Crippen LogP contribution in [0.3, 0.4) is 0 Å². The van der Waals surface area contributed by atoms with Crippen LogP contribution in [0.2, 0.25) is 0 Å². The maximum Gasteiger partial charge on any atom is 0.323 e. The smallest absolute Gasteiger partial charge is 0.323 e. The van der Waals surface area contributed by atoms with Crippen molar-refractivity contribution >= 4 is 34.0 Å². The number of aromatic amines is 2. The van der Waals surface area contributed by atoms with E-state index < -0.39 is 0 Å². The topological polar surface area (TPSA) is 117 Å². The molecule has 0 aliphatic heterocycles. The number of fused-ring (bicyclic) bond motifs is 1. The van der Waals surface area contributed by atoms with Crippen molar-refractivity contribution in [1.29, 1.82) is 0 Å². The molecular formula is C16H13N5O3S. The Morgan fingerprint density at radius 2 is 2.12 bits per heavy atom. The zero-order chi connectivity index (χ0) is 17.2. The minimum atomic E-state index is -0.281. The molecule has 0 fully saturated rings. The normalized spacial score (nSPS) is 11.0. The lowest BCUT2D eigenvalue weighted by molar-refractivity contribution is -0.116. The molecule has 126 valence electrons. The summed E-state index contributed by atoms with van der Waals surface area (Å²) in [5, 5.41) is 8.64. The van der Waals surface area contributed by atoms with Gasteiger partial charge in [-0.2, -0.15) is 4.98 Å². The fraction of sp³-hybridized carbons (Fsp3) is 0.125. The van der Waals surface area contributed by atoms with Gasteiger partial charge in [0.2, 0.25) is 17.6 Å². The van der Waals surface area contributed by atoms with Crippen molar-refractivity contribution in [2.45, 2.75) is 12.8 Å². The van der Waals surface area contributed by atoms with Crippen LogP contribution in [0.1, 0.15) is 12.3 Å². The highest BCUT2D eigenvalue weighted by atomic mass is 32.1. The minimum Gasteiger partial charge on any atom is -0.339 e. The predicted octanol–water partition coefficient (Wildman–Crippen LogP) is 2.54. The van der Waals surface area contributed by atoms with E-state index in [9.17, 15) is 9.59 Å². The fourth-order valence-corrected chi connectivity index (χ4v) is 3.07. The third-order valence-electron chi connectivity index (χ3n) is 3.58. The van der Waals surface area contributed by atoms with Crippen LogP contribution >= 0.6 is 11.3 Å². The summed E-state index contributed by atoms with van der Waals surface area (Å²) in [4.78, 5) is 33.8. The predicted molar refractivity (Wildman–Crippen MR) is 93.5 cm³/mol. The lowest BCUT2D eigenvalue weighted by atomic mass is 10.2. The third kappa shape index (κ3) is 3.36. The maximum atomic E-state index is 12.1. The van der Waals surface area contributed by atoms with Crippen LogP contribution in [-0.2, 0) is 11.2 Å². The van der Waals surface area contributed by atoms with E-state index in [-0.39, 0.29) is 18.0 Å². The average Bonchev–Trinajstić information content (AvgIpc) is 3.32. The van der Waals surface area contributed by atoms with Gasteiger partial charge in [0.05, 0.1) is 15.9 Å². The van der Waals surface area contributed by atoms with Crippen molar-refractivity contribution < 1.29 is 9.32 Å². The van der Waals surface area contributed by atoms with Gasteiger partial charge in [0.25, 0.3) is 0 Å². The molecule has 0 saturated carbocycles. The van der Waals surface area contributed by atoms with E-state index in [1.807, 2.05) is 17.5 Å². The summed E-state index contributed by atoms with van der Waals surface area (Å²) >= 11 is 1.53. The lowest BCUT2D eigenvalue weighted by Crippen LogP contribution is -2.12. The molecule has 0 bridgehead atoms. The van der Waals surface area contributed by atoms with Gasteiger partial charge in [-0.05, 0) is 29.6 Å². The molecular weight excluding hydrogens is 342 g/mol. The first kappa shape index (κ1) is 15.3. The number of hydrogen-bond acceptors (Lipinski definition) is 6. The van der Waals surface area contributed by atoms with Crippen molar-refractivity contribution in [2.75, 3.05) is 5.32 Å². The molecule has 1 aromatic carbocycles. The van der Waals surface area contributed by atoms with Crippen molar-refractivity contribution in [3.05, 3.63) is 52.1 Å². The molecule has 3 aromatic heterocycles. The number of H-pyrrole nitrogens is 2. The van der Waals surface area contributed by atoms with E-state index in [4.69, 9.17) is 4.52 Å². The van der Waals surface area contributed by atoms with E-state index in [1.54, 1.807) is 18.2 Å². The Hall–Kier alpha value is -3.20. The van der Waals surface area contributed by atoms with Gasteiger partial charge >= 0.3 is 5.69 Å². The van der Waals surface area contributed by atoms with E-state index >= 15 is 0 Å². The van der Waals surface area contributed by atoms with Gasteiger partial charge in [-0.1, -0.05) is 11.2 Å². The SMILES string of the molecule is O=C(CCc1nc(-c2cccs2)no1)Nc1ccc2[nH]c(=O)[nH]c2c1. The summed E-state index contributed by atoms with van der Waals surface area (Å²) in [6.45, 7) is 0. The zero-order valence-electron chi connectivity index (χ0n) is 12.9. The molecule has 4 rings (SSSR count). The quantitative estimate of drug-likeness (QED) is 0.509. The summed E-state index contributed by atoms with van der Waals surface area (Å²) in [5.74, 6) is 0.782. The number of hydrogen-bond donors (Lipinski definition) is 3. The Labute approximate surface area is 144 Å². The van der Waals surface area contributed by atoms with E-state index in [1.165, 1.54) is 11.3 Å². The average molecular weight is 355 g/mol. The largest absolute Gasteiger partial charge is 0.339 e.